The van der Waals surface area contributed by atoms with Crippen LogP contribution in [0.1, 0.15) is 18.4 Å². The van der Waals surface area contributed by atoms with Gasteiger partial charge in [0.15, 0.2) is 0 Å². The van der Waals surface area contributed by atoms with E-state index in [9.17, 15) is 8.78 Å². The van der Waals surface area contributed by atoms with Crippen molar-refractivity contribution in [2.24, 2.45) is 0 Å². The number of rotatable bonds is 4. The second kappa shape index (κ2) is 4.42. The van der Waals surface area contributed by atoms with Gasteiger partial charge in [-0.3, -0.25) is 0 Å². The standard InChI is InChI=1S/C12H11F2NS/c13-11(14)7-16-10-3-1-9(2-4-10)12(8-15)5-6-12/h1-4,11H,5-7H2. The molecule has 0 spiro atoms. The van der Waals surface area contributed by atoms with Crippen LogP contribution in [0.15, 0.2) is 29.2 Å². The van der Waals surface area contributed by atoms with Gasteiger partial charge in [-0.2, -0.15) is 5.26 Å². The Kier molecular flexibility index (Phi) is 3.15. The second-order valence-corrected chi connectivity index (χ2v) is 5.01. The van der Waals surface area contributed by atoms with Crippen LogP contribution < -0.4 is 0 Å². The number of hydrogen-bond acceptors (Lipinski definition) is 2. The maximum Gasteiger partial charge on any atom is 0.247 e. The summed E-state index contributed by atoms with van der Waals surface area (Å²) in [7, 11) is 0. The van der Waals surface area contributed by atoms with Crippen LogP contribution in [-0.2, 0) is 5.41 Å². The molecule has 0 N–H and O–H groups in total. The number of benzene rings is 1. The fourth-order valence-corrected chi connectivity index (χ4v) is 2.27. The summed E-state index contributed by atoms with van der Waals surface area (Å²) in [6.07, 6.45) is -0.460. The predicted octanol–water partition coefficient (Wildman–Crippen LogP) is 3.60. The van der Waals surface area contributed by atoms with Crippen molar-refractivity contribution in [1.29, 1.82) is 5.26 Å². The van der Waals surface area contributed by atoms with Crippen molar-refractivity contribution < 1.29 is 8.78 Å². The van der Waals surface area contributed by atoms with Gasteiger partial charge in [0, 0.05) is 4.90 Å². The number of halogens is 2. The molecule has 0 aromatic heterocycles. The molecule has 16 heavy (non-hydrogen) atoms. The molecule has 0 heterocycles. The average Bonchev–Trinajstić information content (AvgIpc) is 3.08. The van der Waals surface area contributed by atoms with E-state index in [-0.39, 0.29) is 11.2 Å². The summed E-state index contributed by atoms with van der Waals surface area (Å²) in [5, 5.41) is 9.00. The second-order valence-electron chi connectivity index (χ2n) is 3.92. The molecule has 4 heteroatoms. The maximum atomic E-state index is 12.0. The van der Waals surface area contributed by atoms with Gasteiger partial charge in [0.25, 0.3) is 0 Å². The maximum absolute atomic E-state index is 12.0. The van der Waals surface area contributed by atoms with E-state index in [2.05, 4.69) is 6.07 Å². The quantitative estimate of drug-likeness (QED) is 0.749. The molecule has 1 aliphatic rings. The zero-order chi connectivity index (χ0) is 11.6. The summed E-state index contributed by atoms with van der Waals surface area (Å²) in [6, 6.07) is 9.71. The van der Waals surface area contributed by atoms with Gasteiger partial charge in [-0.1, -0.05) is 12.1 Å². The van der Waals surface area contributed by atoms with Gasteiger partial charge in [0.2, 0.25) is 6.43 Å². The smallest absolute Gasteiger partial charge is 0.210 e. The van der Waals surface area contributed by atoms with Crippen LogP contribution in [-0.4, -0.2) is 12.2 Å². The SMILES string of the molecule is N#CC1(c2ccc(SCC(F)F)cc2)CC1. The largest absolute Gasteiger partial charge is 0.247 e. The molecule has 2 rings (SSSR count). The minimum atomic E-state index is -2.28. The third-order valence-electron chi connectivity index (χ3n) is 2.75. The Labute approximate surface area is 97.5 Å². The summed E-state index contributed by atoms with van der Waals surface area (Å²) in [5.74, 6) is -0.178. The van der Waals surface area contributed by atoms with Crippen molar-refractivity contribution in [2.75, 3.05) is 5.75 Å². The van der Waals surface area contributed by atoms with E-state index in [4.69, 9.17) is 5.26 Å². The van der Waals surface area contributed by atoms with Crippen LogP contribution in [0.4, 0.5) is 8.78 Å². The average molecular weight is 239 g/mol. The monoisotopic (exact) mass is 239 g/mol. The van der Waals surface area contributed by atoms with Gasteiger partial charge in [0.05, 0.1) is 17.2 Å². The van der Waals surface area contributed by atoms with Gasteiger partial charge < -0.3 is 0 Å². The lowest BCUT2D eigenvalue weighted by Crippen LogP contribution is -2.01. The first-order chi connectivity index (χ1) is 7.66. The summed E-state index contributed by atoms with van der Waals surface area (Å²) in [5.41, 5.74) is 0.725. The number of thioether (sulfide) groups is 1. The Morgan fingerprint density at radius 3 is 2.38 bits per heavy atom. The first kappa shape index (κ1) is 11.4. The van der Waals surface area contributed by atoms with Gasteiger partial charge in [-0.15, -0.1) is 11.8 Å². The first-order valence-corrected chi connectivity index (χ1v) is 6.08. The zero-order valence-corrected chi connectivity index (χ0v) is 9.44. The van der Waals surface area contributed by atoms with Crippen LogP contribution in [0.25, 0.3) is 0 Å². The van der Waals surface area contributed by atoms with Crippen LogP contribution in [0.2, 0.25) is 0 Å². The molecule has 1 aromatic carbocycles. The fraction of sp³-hybridized carbons (Fsp3) is 0.417. The summed E-state index contributed by atoms with van der Waals surface area (Å²) in [6.45, 7) is 0. The third-order valence-corrected chi connectivity index (χ3v) is 3.77. The molecular formula is C12H11F2NS. The summed E-state index contributed by atoms with van der Waals surface area (Å²) in [4.78, 5) is 0.831. The molecule has 0 atom stereocenters. The van der Waals surface area contributed by atoms with Crippen molar-refractivity contribution in [3.63, 3.8) is 0 Å². The third kappa shape index (κ3) is 2.35. The highest BCUT2D eigenvalue weighted by molar-refractivity contribution is 7.99. The number of hydrogen-bond donors (Lipinski definition) is 0. The topological polar surface area (TPSA) is 23.8 Å². The first-order valence-electron chi connectivity index (χ1n) is 5.09. The molecule has 0 unspecified atom stereocenters. The van der Waals surface area contributed by atoms with Crippen molar-refractivity contribution in [3.05, 3.63) is 29.8 Å². The molecule has 1 saturated carbocycles. The van der Waals surface area contributed by atoms with Crippen LogP contribution in [0.5, 0.6) is 0 Å². The van der Waals surface area contributed by atoms with E-state index < -0.39 is 6.43 Å². The zero-order valence-electron chi connectivity index (χ0n) is 8.62. The molecule has 84 valence electrons. The molecule has 0 radical (unpaired) electrons. The van der Waals surface area contributed by atoms with Crippen molar-refractivity contribution in [3.8, 4) is 6.07 Å². The van der Waals surface area contributed by atoms with Crippen LogP contribution in [0.3, 0.4) is 0 Å². The Balaban J connectivity index is 2.03. The Morgan fingerprint density at radius 2 is 1.94 bits per heavy atom. The van der Waals surface area contributed by atoms with Crippen LogP contribution in [0, 0.1) is 11.3 Å². The summed E-state index contributed by atoms with van der Waals surface area (Å²) < 4.78 is 24.0. The highest BCUT2D eigenvalue weighted by atomic mass is 32.2. The molecule has 0 bridgehead atoms. The van der Waals surface area contributed by atoms with Crippen molar-refractivity contribution in [2.45, 2.75) is 29.6 Å². The normalized spacial score (nSPS) is 17.1. The number of alkyl halides is 2. The van der Waals surface area contributed by atoms with Crippen molar-refractivity contribution >= 4 is 11.8 Å². The number of nitriles is 1. The number of nitrogens with zero attached hydrogens (tertiary/aromatic N) is 1. The summed E-state index contributed by atoms with van der Waals surface area (Å²) >= 11 is 1.14. The highest BCUT2D eigenvalue weighted by Crippen LogP contribution is 2.47. The lowest BCUT2D eigenvalue weighted by atomic mass is 9.98. The Bertz CT molecular complexity index is 404. The lowest BCUT2D eigenvalue weighted by Gasteiger charge is -2.07. The van der Waals surface area contributed by atoms with E-state index in [0.717, 1.165) is 35.1 Å². The molecule has 0 aliphatic heterocycles. The van der Waals surface area contributed by atoms with E-state index in [1.54, 1.807) is 0 Å². The minimum absolute atomic E-state index is 0.178. The molecule has 1 nitrogen and oxygen atoms in total. The van der Waals surface area contributed by atoms with Crippen molar-refractivity contribution in [1.82, 2.24) is 0 Å². The molecule has 0 saturated heterocycles. The molecule has 1 fully saturated rings. The Hall–Kier alpha value is -1.08. The van der Waals surface area contributed by atoms with Gasteiger partial charge >= 0.3 is 0 Å². The van der Waals surface area contributed by atoms with E-state index in [1.807, 2.05) is 24.3 Å². The molecule has 0 amide bonds. The fourth-order valence-electron chi connectivity index (χ4n) is 1.62. The van der Waals surface area contributed by atoms with Crippen LogP contribution >= 0.6 is 11.8 Å². The van der Waals surface area contributed by atoms with Gasteiger partial charge in [-0.05, 0) is 30.5 Å². The lowest BCUT2D eigenvalue weighted by molar-refractivity contribution is 0.177. The minimum Gasteiger partial charge on any atom is -0.210 e. The predicted molar refractivity (Wildman–Crippen MR) is 59.7 cm³/mol. The Morgan fingerprint density at radius 1 is 1.31 bits per heavy atom. The molecule has 1 aliphatic carbocycles. The molecule has 1 aromatic rings. The van der Waals surface area contributed by atoms with E-state index in [1.165, 1.54) is 0 Å². The molecular weight excluding hydrogens is 228 g/mol. The van der Waals surface area contributed by atoms with E-state index >= 15 is 0 Å². The van der Waals surface area contributed by atoms with Gasteiger partial charge in [0.1, 0.15) is 0 Å². The van der Waals surface area contributed by atoms with Gasteiger partial charge in [-0.25, -0.2) is 8.78 Å². The highest BCUT2D eigenvalue weighted by Gasteiger charge is 2.44. The van der Waals surface area contributed by atoms with E-state index in [0.29, 0.717) is 0 Å².